The lowest BCUT2D eigenvalue weighted by Gasteiger charge is -2.24. The maximum atomic E-state index is 6.14. The minimum absolute atomic E-state index is 0.277. The third-order valence-corrected chi connectivity index (χ3v) is 3.37. The van der Waals surface area contributed by atoms with Crippen molar-refractivity contribution in [2.24, 2.45) is 11.7 Å². The van der Waals surface area contributed by atoms with E-state index >= 15 is 0 Å². The van der Waals surface area contributed by atoms with Gasteiger partial charge in [-0.2, -0.15) is 0 Å². The minimum atomic E-state index is 0.277. The predicted octanol–water partition coefficient (Wildman–Crippen LogP) is 2.25. The fourth-order valence-corrected chi connectivity index (χ4v) is 2.59. The van der Waals surface area contributed by atoms with Crippen molar-refractivity contribution in [1.29, 1.82) is 0 Å². The first kappa shape index (κ1) is 10.7. The van der Waals surface area contributed by atoms with E-state index in [-0.39, 0.29) is 6.04 Å². The number of rotatable bonds is 4. The third kappa shape index (κ3) is 3.34. The van der Waals surface area contributed by atoms with Crippen molar-refractivity contribution >= 4 is 0 Å². The van der Waals surface area contributed by atoms with Crippen LogP contribution < -0.4 is 5.73 Å². The second-order valence-electron chi connectivity index (χ2n) is 4.74. The standard InChI is InChI=1S/C12H21N3/c13-11(9-12-14-6-7-15-12)8-10-4-2-1-3-5-10/h6-7,10-11H,1-5,8-9,13H2,(H,14,15)/t11-/m1/s1. The van der Waals surface area contributed by atoms with E-state index in [4.69, 9.17) is 5.73 Å². The second-order valence-corrected chi connectivity index (χ2v) is 4.74. The molecular weight excluding hydrogens is 186 g/mol. The highest BCUT2D eigenvalue weighted by atomic mass is 14.9. The zero-order valence-corrected chi connectivity index (χ0v) is 9.28. The molecule has 0 amide bonds. The summed E-state index contributed by atoms with van der Waals surface area (Å²) in [4.78, 5) is 7.33. The van der Waals surface area contributed by atoms with Gasteiger partial charge in [-0.25, -0.2) is 4.98 Å². The highest BCUT2D eigenvalue weighted by Gasteiger charge is 2.17. The lowest BCUT2D eigenvalue weighted by Crippen LogP contribution is -2.27. The van der Waals surface area contributed by atoms with Gasteiger partial charge in [0, 0.05) is 24.9 Å². The first-order valence-corrected chi connectivity index (χ1v) is 6.08. The lowest BCUT2D eigenvalue weighted by molar-refractivity contribution is 0.316. The molecule has 2 rings (SSSR count). The number of aromatic amines is 1. The quantitative estimate of drug-likeness (QED) is 0.795. The Morgan fingerprint density at radius 1 is 1.40 bits per heavy atom. The number of aromatic nitrogens is 2. The number of nitrogens with zero attached hydrogens (tertiary/aromatic N) is 1. The number of hydrogen-bond donors (Lipinski definition) is 2. The van der Waals surface area contributed by atoms with E-state index in [2.05, 4.69) is 9.97 Å². The van der Waals surface area contributed by atoms with Crippen LogP contribution in [0.1, 0.15) is 44.3 Å². The van der Waals surface area contributed by atoms with E-state index in [0.717, 1.165) is 18.2 Å². The van der Waals surface area contributed by atoms with Crippen molar-refractivity contribution in [3.63, 3.8) is 0 Å². The summed E-state index contributed by atoms with van der Waals surface area (Å²) in [5.74, 6) is 1.89. The van der Waals surface area contributed by atoms with Gasteiger partial charge in [-0.3, -0.25) is 0 Å². The van der Waals surface area contributed by atoms with Crippen LogP contribution >= 0.6 is 0 Å². The summed E-state index contributed by atoms with van der Waals surface area (Å²) in [6.45, 7) is 0. The smallest absolute Gasteiger partial charge is 0.107 e. The maximum absolute atomic E-state index is 6.14. The number of H-pyrrole nitrogens is 1. The van der Waals surface area contributed by atoms with Gasteiger partial charge in [0.15, 0.2) is 0 Å². The molecule has 1 saturated carbocycles. The molecule has 84 valence electrons. The number of hydrogen-bond acceptors (Lipinski definition) is 2. The summed E-state index contributed by atoms with van der Waals surface area (Å²) >= 11 is 0. The predicted molar refractivity (Wildman–Crippen MR) is 61.5 cm³/mol. The molecule has 1 aliphatic carbocycles. The van der Waals surface area contributed by atoms with Gasteiger partial charge in [0.2, 0.25) is 0 Å². The summed E-state index contributed by atoms with van der Waals surface area (Å²) in [6, 6.07) is 0.277. The Hall–Kier alpha value is -0.830. The topological polar surface area (TPSA) is 54.7 Å². The first-order chi connectivity index (χ1) is 7.34. The van der Waals surface area contributed by atoms with Crippen LogP contribution in [0.2, 0.25) is 0 Å². The molecule has 0 unspecified atom stereocenters. The van der Waals surface area contributed by atoms with Crippen LogP contribution in [0.5, 0.6) is 0 Å². The van der Waals surface area contributed by atoms with Crippen molar-refractivity contribution in [3.8, 4) is 0 Å². The van der Waals surface area contributed by atoms with E-state index in [9.17, 15) is 0 Å². The fraction of sp³-hybridized carbons (Fsp3) is 0.750. The molecule has 0 aliphatic heterocycles. The monoisotopic (exact) mass is 207 g/mol. The Labute approximate surface area is 91.5 Å². The molecular formula is C12H21N3. The molecule has 15 heavy (non-hydrogen) atoms. The van der Waals surface area contributed by atoms with Crippen molar-refractivity contribution in [2.75, 3.05) is 0 Å². The summed E-state index contributed by atoms with van der Waals surface area (Å²) < 4.78 is 0. The molecule has 0 aromatic carbocycles. The largest absolute Gasteiger partial charge is 0.349 e. The van der Waals surface area contributed by atoms with Crippen LogP contribution in [0.25, 0.3) is 0 Å². The summed E-state index contributed by atoms with van der Waals surface area (Å²) in [5.41, 5.74) is 6.14. The van der Waals surface area contributed by atoms with Crippen molar-refractivity contribution in [2.45, 2.75) is 51.0 Å². The fourth-order valence-electron chi connectivity index (χ4n) is 2.59. The van der Waals surface area contributed by atoms with Crippen LogP contribution in [-0.2, 0) is 6.42 Å². The number of nitrogens with two attached hydrogens (primary N) is 1. The third-order valence-electron chi connectivity index (χ3n) is 3.37. The van der Waals surface area contributed by atoms with Gasteiger partial charge < -0.3 is 10.7 Å². The molecule has 1 aliphatic rings. The van der Waals surface area contributed by atoms with E-state index in [1.807, 2.05) is 6.20 Å². The van der Waals surface area contributed by atoms with Crippen molar-refractivity contribution in [1.82, 2.24) is 9.97 Å². The van der Waals surface area contributed by atoms with Crippen molar-refractivity contribution in [3.05, 3.63) is 18.2 Å². The minimum Gasteiger partial charge on any atom is -0.349 e. The first-order valence-electron chi connectivity index (χ1n) is 6.08. The number of nitrogens with one attached hydrogen (secondary N) is 1. The highest BCUT2D eigenvalue weighted by Crippen LogP contribution is 2.27. The van der Waals surface area contributed by atoms with Gasteiger partial charge in [0.1, 0.15) is 5.82 Å². The van der Waals surface area contributed by atoms with Gasteiger partial charge in [0.05, 0.1) is 0 Å². The molecule has 3 N–H and O–H groups in total. The lowest BCUT2D eigenvalue weighted by atomic mass is 9.84. The normalized spacial score (nSPS) is 20.3. The Morgan fingerprint density at radius 2 is 2.20 bits per heavy atom. The molecule has 0 spiro atoms. The zero-order valence-electron chi connectivity index (χ0n) is 9.28. The molecule has 0 saturated heterocycles. The van der Waals surface area contributed by atoms with Crippen LogP contribution in [0.3, 0.4) is 0 Å². The molecule has 1 heterocycles. The van der Waals surface area contributed by atoms with Gasteiger partial charge in [-0.05, 0) is 12.3 Å². The average molecular weight is 207 g/mol. The zero-order chi connectivity index (χ0) is 10.5. The van der Waals surface area contributed by atoms with Gasteiger partial charge in [-0.1, -0.05) is 32.1 Å². The van der Waals surface area contributed by atoms with E-state index in [0.29, 0.717) is 0 Å². The van der Waals surface area contributed by atoms with Crippen LogP contribution in [0.4, 0.5) is 0 Å². The molecule has 3 heteroatoms. The van der Waals surface area contributed by atoms with E-state index in [1.165, 1.54) is 38.5 Å². The molecule has 1 atom stereocenters. The Bertz CT molecular complexity index is 262. The summed E-state index contributed by atoms with van der Waals surface area (Å²) in [6.07, 6.45) is 12.7. The highest BCUT2D eigenvalue weighted by molar-refractivity contribution is 4.90. The Balaban J connectivity index is 1.74. The van der Waals surface area contributed by atoms with E-state index in [1.54, 1.807) is 6.20 Å². The summed E-state index contributed by atoms with van der Waals surface area (Å²) in [5, 5.41) is 0. The van der Waals surface area contributed by atoms with Gasteiger partial charge in [0.25, 0.3) is 0 Å². The summed E-state index contributed by atoms with van der Waals surface area (Å²) in [7, 11) is 0. The molecule has 0 radical (unpaired) electrons. The Morgan fingerprint density at radius 3 is 2.87 bits per heavy atom. The van der Waals surface area contributed by atoms with Crippen LogP contribution in [0.15, 0.2) is 12.4 Å². The van der Waals surface area contributed by atoms with Crippen molar-refractivity contribution < 1.29 is 0 Å². The molecule has 0 bridgehead atoms. The second kappa shape index (κ2) is 5.31. The average Bonchev–Trinajstić information content (AvgIpc) is 2.71. The molecule has 1 fully saturated rings. The molecule has 3 nitrogen and oxygen atoms in total. The Kier molecular flexibility index (Phi) is 3.78. The van der Waals surface area contributed by atoms with Gasteiger partial charge >= 0.3 is 0 Å². The van der Waals surface area contributed by atoms with Crippen LogP contribution in [-0.4, -0.2) is 16.0 Å². The maximum Gasteiger partial charge on any atom is 0.107 e. The molecule has 1 aromatic rings. The molecule has 1 aromatic heterocycles. The van der Waals surface area contributed by atoms with Gasteiger partial charge in [-0.15, -0.1) is 0 Å². The van der Waals surface area contributed by atoms with Crippen LogP contribution in [0, 0.1) is 5.92 Å². The van der Waals surface area contributed by atoms with E-state index < -0.39 is 0 Å². The number of imidazole rings is 1. The SMILES string of the molecule is N[C@@H](Cc1ncc[nH]1)CC1CCCCC1.